The first kappa shape index (κ1) is 13.9. The van der Waals surface area contributed by atoms with E-state index in [-0.39, 0.29) is 0 Å². The number of hydrogen-bond acceptors (Lipinski definition) is 3. The van der Waals surface area contributed by atoms with Crippen LogP contribution in [-0.2, 0) is 0 Å². The van der Waals surface area contributed by atoms with Gasteiger partial charge >= 0.3 is 0 Å². The first-order valence-electron chi connectivity index (χ1n) is 8.34. The molecular weight excluding hydrogens is 246 g/mol. The Hall–Kier alpha value is -1.09. The summed E-state index contributed by atoms with van der Waals surface area (Å²) in [4.78, 5) is 9.91. The van der Waals surface area contributed by atoms with Gasteiger partial charge in [-0.25, -0.2) is 4.98 Å². The molecule has 110 valence electrons. The smallest absolute Gasteiger partial charge is 0.133 e. The van der Waals surface area contributed by atoms with Crippen LogP contribution in [-0.4, -0.2) is 36.1 Å². The van der Waals surface area contributed by atoms with Gasteiger partial charge in [0.05, 0.1) is 0 Å². The highest BCUT2D eigenvalue weighted by Gasteiger charge is 2.29. The maximum absolute atomic E-state index is 4.74. The summed E-state index contributed by atoms with van der Waals surface area (Å²) in [5.41, 5.74) is 1.47. The summed E-state index contributed by atoms with van der Waals surface area (Å²) >= 11 is 0. The second-order valence-corrected chi connectivity index (χ2v) is 6.16. The van der Waals surface area contributed by atoms with Gasteiger partial charge in [0.1, 0.15) is 5.82 Å². The van der Waals surface area contributed by atoms with Gasteiger partial charge in [0, 0.05) is 30.9 Å². The van der Waals surface area contributed by atoms with Crippen LogP contribution in [0.5, 0.6) is 0 Å². The Balaban J connectivity index is 1.85. The normalized spacial score (nSPS) is 24.2. The Bertz CT molecular complexity index is 426. The Kier molecular flexibility index (Phi) is 4.56. The van der Waals surface area contributed by atoms with Crippen LogP contribution in [0.3, 0.4) is 0 Å². The number of piperidine rings is 1. The molecule has 20 heavy (non-hydrogen) atoms. The van der Waals surface area contributed by atoms with Crippen LogP contribution in [0.4, 0.5) is 5.82 Å². The highest BCUT2D eigenvalue weighted by atomic mass is 15.2. The minimum atomic E-state index is 0.598. The largest absolute Gasteiger partial charge is 0.356 e. The van der Waals surface area contributed by atoms with E-state index in [2.05, 4.69) is 28.9 Å². The van der Waals surface area contributed by atoms with E-state index in [4.69, 9.17) is 4.98 Å². The average molecular weight is 273 g/mol. The molecular formula is C17H27N3. The highest BCUT2D eigenvalue weighted by Crippen LogP contribution is 2.36. The van der Waals surface area contributed by atoms with E-state index in [9.17, 15) is 0 Å². The monoisotopic (exact) mass is 273 g/mol. The molecule has 0 aliphatic carbocycles. The molecule has 0 spiro atoms. The number of pyridine rings is 1. The van der Waals surface area contributed by atoms with E-state index in [0.717, 1.165) is 0 Å². The summed E-state index contributed by atoms with van der Waals surface area (Å²) in [7, 11) is 0. The molecule has 3 nitrogen and oxygen atoms in total. The maximum Gasteiger partial charge on any atom is 0.133 e. The summed E-state index contributed by atoms with van der Waals surface area (Å²) in [6, 6.07) is 5.03. The zero-order chi connectivity index (χ0) is 13.8. The fourth-order valence-corrected chi connectivity index (χ4v) is 3.77. The Labute approximate surface area is 123 Å². The Morgan fingerprint density at radius 2 is 2.00 bits per heavy atom. The molecule has 0 radical (unpaired) electrons. The first-order valence-corrected chi connectivity index (χ1v) is 8.34. The van der Waals surface area contributed by atoms with Crippen molar-refractivity contribution < 1.29 is 0 Å². The number of hydrogen-bond donors (Lipinski definition) is 0. The van der Waals surface area contributed by atoms with Crippen LogP contribution in [0.1, 0.15) is 57.1 Å². The summed E-state index contributed by atoms with van der Waals surface area (Å²) in [5.74, 6) is 1.26. The van der Waals surface area contributed by atoms with E-state index < -0.39 is 0 Å². The minimum Gasteiger partial charge on any atom is -0.356 e. The van der Waals surface area contributed by atoms with Crippen molar-refractivity contribution in [1.29, 1.82) is 0 Å². The second-order valence-electron chi connectivity index (χ2n) is 6.16. The lowest BCUT2D eigenvalue weighted by molar-refractivity contribution is 0.257. The van der Waals surface area contributed by atoms with E-state index in [0.29, 0.717) is 6.04 Å². The summed E-state index contributed by atoms with van der Waals surface area (Å²) in [5, 5.41) is 0. The van der Waals surface area contributed by atoms with E-state index in [1.165, 1.54) is 76.1 Å². The van der Waals surface area contributed by atoms with Crippen LogP contribution in [0.15, 0.2) is 18.3 Å². The van der Waals surface area contributed by atoms with Gasteiger partial charge in [-0.05, 0) is 57.7 Å². The molecule has 0 bridgehead atoms. The van der Waals surface area contributed by atoms with Crippen molar-refractivity contribution in [2.24, 2.45) is 0 Å². The van der Waals surface area contributed by atoms with Crippen molar-refractivity contribution in [1.82, 2.24) is 9.88 Å². The molecule has 3 heteroatoms. The fourth-order valence-electron chi connectivity index (χ4n) is 3.77. The van der Waals surface area contributed by atoms with Gasteiger partial charge < -0.3 is 4.90 Å². The van der Waals surface area contributed by atoms with Gasteiger partial charge in [0.15, 0.2) is 0 Å². The third kappa shape index (κ3) is 2.83. The first-order chi connectivity index (χ1) is 9.90. The number of aromatic nitrogens is 1. The molecule has 2 aliphatic rings. The molecule has 3 heterocycles. The predicted molar refractivity (Wildman–Crippen MR) is 84.1 cm³/mol. The third-order valence-electron chi connectivity index (χ3n) is 4.71. The molecule has 3 rings (SSSR count). The van der Waals surface area contributed by atoms with Gasteiger partial charge in [0.2, 0.25) is 0 Å². The fraction of sp³-hybridized carbons (Fsp3) is 0.706. The lowest BCUT2D eigenvalue weighted by Gasteiger charge is -2.32. The van der Waals surface area contributed by atoms with Gasteiger partial charge in [0.25, 0.3) is 0 Å². The van der Waals surface area contributed by atoms with Crippen LogP contribution in [0.25, 0.3) is 0 Å². The van der Waals surface area contributed by atoms with Crippen molar-refractivity contribution in [3.63, 3.8) is 0 Å². The van der Waals surface area contributed by atoms with Crippen LogP contribution in [0, 0.1) is 0 Å². The average Bonchev–Trinajstić information content (AvgIpc) is 2.97. The van der Waals surface area contributed by atoms with E-state index in [1.54, 1.807) is 0 Å². The number of likely N-dealkylation sites (tertiary alicyclic amines) is 1. The molecule has 1 atom stereocenters. The van der Waals surface area contributed by atoms with Gasteiger partial charge in [-0.2, -0.15) is 0 Å². The molecule has 1 aromatic rings. The predicted octanol–water partition coefficient (Wildman–Crippen LogP) is 3.62. The number of anilines is 1. The standard InChI is InChI=1S/C17H27N3/c1-2-11-19-14-7-9-16(19)15-8-6-10-18-17(15)20-12-4-3-5-13-20/h6,8,10,16H,2-5,7,9,11-14H2,1H3. The summed E-state index contributed by atoms with van der Waals surface area (Å²) in [6.07, 6.45) is 9.86. The lowest BCUT2D eigenvalue weighted by atomic mass is 10.0. The molecule has 2 saturated heterocycles. The van der Waals surface area contributed by atoms with Crippen molar-refractivity contribution >= 4 is 5.82 Å². The molecule has 2 aliphatic heterocycles. The number of rotatable bonds is 4. The van der Waals surface area contributed by atoms with Gasteiger partial charge in [-0.1, -0.05) is 13.0 Å². The Morgan fingerprint density at radius 3 is 2.80 bits per heavy atom. The third-order valence-corrected chi connectivity index (χ3v) is 4.71. The highest BCUT2D eigenvalue weighted by molar-refractivity contribution is 5.49. The van der Waals surface area contributed by atoms with Crippen molar-refractivity contribution in [3.8, 4) is 0 Å². The van der Waals surface area contributed by atoms with Gasteiger partial charge in [-0.3, -0.25) is 4.90 Å². The van der Waals surface area contributed by atoms with E-state index in [1.807, 2.05) is 6.20 Å². The summed E-state index contributed by atoms with van der Waals surface area (Å²) < 4.78 is 0. The molecule has 0 N–H and O–H groups in total. The number of nitrogens with zero attached hydrogens (tertiary/aromatic N) is 3. The molecule has 0 amide bonds. The van der Waals surface area contributed by atoms with Crippen molar-refractivity contribution in [3.05, 3.63) is 23.9 Å². The van der Waals surface area contributed by atoms with Crippen LogP contribution in [0.2, 0.25) is 0 Å². The van der Waals surface area contributed by atoms with Crippen LogP contribution >= 0.6 is 0 Å². The Morgan fingerprint density at radius 1 is 1.15 bits per heavy atom. The molecule has 1 unspecified atom stereocenters. The molecule has 1 aromatic heterocycles. The lowest BCUT2D eigenvalue weighted by Crippen LogP contribution is -2.33. The van der Waals surface area contributed by atoms with Crippen molar-refractivity contribution in [2.45, 2.75) is 51.5 Å². The molecule has 0 aromatic carbocycles. The maximum atomic E-state index is 4.74. The molecule has 2 fully saturated rings. The second kappa shape index (κ2) is 6.57. The summed E-state index contributed by atoms with van der Waals surface area (Å²) in [6.45, 7) is 7.13. The van der Waals surface area contributed by atoms with Crippen molar-refractivity contribution in [2.75, 3.05) is 31.1 Å². The van der Waals surface area contributed by atoms with E-state index >= 15 is 0 Å². The zero-order valence-electron chi connectivity index (χ0n) is 12.7. The minimum absolute atomic E-state index is 0.598. The van der Waals surface area contributed by atoms with Gasteiger partial charge in [-0.15, -0.1) is 0 Å². The molecule has 0 saturated carbocycles. The SMILES string of the molecule is CCCN1CCCC1c1cccnc1N1CCCCC1. The quantitative estimate of drug-likeness (QED) is 0.835. The van der Waals surface area contributed by atoms with Crippen LogP contribution < -0.4 is 4.90 Å². The topological polar surface area (TPSA) is 19.4 Å². The zero-order valence-corrected chi connectivity index (χ0v) is 12.7.